The maximum absolute atomic E-state index is 14.0. The third kappa shape index (κ3) is 11.0. The molecule has 1 aliphatic heterocycles. The van der Waals surface area contributed by atoms with Crippen molar-refractivity contribution in [1.82, 2.24) is 19.8 Å². The fourth-order valence-corrected chi connectivity index (χ4v) is 5.11. The number of nitrogens with one attached hydrogen (secondary N) is 2. The molecule has 0 saturated heterocycles. The SMILES string of the molecule is CCOC(=O)CN(C(=O)Cn1cc(C)c(=O)[nH]c1=O)C(CNC(=O)OC(C)(C)C)CC1OCCCCCC(=O)c2ccccc2C1=O. The molecule has 2 unspecified atom stereocenters. The normalized spacial score (nSPS) is 16.3. The van der Waals surface area contributed by atoms with Crippen molar-refractivity contribution in [3.05, 3.63) is 68.0 Å². The standard InChI is InChI=1S/C33H44N4O10/c1-6-45-28(40)20-37(27(39)19-36-18-21(2)30(42)35-31(36)43)22(17-34-32(44)47-33(3,4)5)16-26-29(41)24-13-10-9-12-23(24)25(38)14-8-7-11-15-46-26/h9-10,12-13,18,22,26H,6-8,11,14-17,19-20H2,1-5H3,(H,34,44)(H,35,42,43). The van der Waals surface area contributed by atoms with Crippen molar-refractivity contribution in [2.75, 3.05) is 26.3 Å². The molecule has 0 bridgehead atoms. The number of carbonyl (C=O) groups excluding carboxylic acids is 5. The summed E-state index contributed by atoms with van der Waals surface area (Å²) in [4.78, 5) is 94.2. The van der Waals surface area contributed by atoms with Gasteiger partial charge in [-0.05, 0) is 47.5 Å². The molecule has 1 aromatic carbocycles. The molecule has 2 heterocycles. The number of alkyl carbamates (subject to hydrolysis) is 1. The van der Waals surface area contributed by atoms with Gasteiger partial charge in [0, 0.05) is 48.9 Å². The van der Waals surface area contributed by atoms with Crippen LogP contribution in [-0.2, 0) is 30.3 Å². The third-order valence-electron chi connectivity index (χ3n) is 7.38. The summed E-state index contributed by atoms with van der Waals surface area (Å²) >= 11 is 0. The molecule has 2 aromatic rings. The molecule has 0 aliphatic carbocycles. The van der Waals surface area contributed by atoms with E-state index < -0.39 is 65.8 Å². The highest BCUT2D eigenvalue weighted by Crippen LogP contribution is 2.22. The van der Waals surface area contributed by atoms with Gasteiger partial charge in [0.1, 0.15) is 24.8 Å². The molecule has 2 atom stereocenters. The van der Waals surface area contributed by atoms with Crippen molar-refractivity contribution >= 4 is 29.5 Å². The van der Waals surface area contributed by atoms with Gasteiger partial charge >= 0.3 is 17.8 Å². The Bertz CT molecular complexity index is 1570. The number of benzene rings is 1. The average Bonchev–Trinajstić information content (AvgIpc) is 3.02. The van der Waals surface area contributed by atoms with Gasteiger partial charge in [0.05, 0.1) is 12.6 Å². The van der Waals surface area contributed by atoms with Gasteiger partial charge in [0.25, 0.3) is 5.56 Å². The van der Waals surface area contributed by atoms with Crippen molar-refractivity contribution in [3.63, 3.8) is 0 Å². The Morgan fingerprint density at radius 1 is 1.09 bits per heavy atom. The average molecular weight is 657 g/mol. The van der Waals surface area contributed by atoms with Crippen molar-refractivity contribution in [3.8, 4) is 0 Å². The molecule has 2 N–H and O–H groups in total. The number of aryl methyl sites for hydroxylation is 1. The fourth-order valence-electron chi connectivity index (χ4n) is 5.11. The van der Waals surface area contributed by atoms with Gasteiger partial charge in [-0.2, -0.15) is 0 Å². The number of esters is 1. The molecule has 0 radical (unpaired) electrons. The predicted octanol–water partition coefficient (Wildman–Crippen LogP) is 2.54. The number of rotatable bonds is 10. The second-order valence-electron chi connectivity index (χ2n) is 12.3. The number of aromatic nitrogens is 2. The van der Waals surface area contributed by atoms with E-state index in [1.54, 1.807) is 52.0 Å². The van der Waals surface area contributed by atoms with Crippen LogP contribution in [0.5, 0.6) is 0 Å². The van der Waals surface area contributed by atoms with E-state index in [1.165, 1.54) is 13.1 Å². The number of nitrogens with zero attached hydrogens (tertiary/aromatic N) is 2. The first-order chi connectivity index (χ1) is 22.2. The second kappa shape index (κ2) is 16.8. The van der Waals surface area contributed by atoms with Crippen molar-refractivity contribution < 1.29 is 38.2 Å². The first-order valence-electron chi connectivity index (χ1n) is 15.7. The number of ketones is 2. The number of amides is 2. The lowest BCUT2D eigenvalue weighted by atomic mass is 9.93. The third-order valence-corrected chi connectivity index (χ3v) is 7.38. The summed E-state index contributed by atoms with van der Waals surface area (Å²) in [6.45, 7) is 6.89. The molecule has 0 saturated carbocycles. The number of carbonyl (C=O) groups is 5. The van der Waals surface area contributed by atoms with E-state index in [9.17, 15) is 33.6 Å². The number of aromatic amines is 1. The highest BCUT2D eigenvalue weighted by molar-refractivity contribution is 6.10. The smallest absolute Gasteiger partial charge is 0.407 e. The van der Waals surface area contributed by atoms with E-state index in [2.05, 4.69) is 10.3 Å². The summed E-state index contributed by atoms with van der Waals surface area (Å²) in [5.41, 5.74) is -1.67. The minimum absolute atomic E-state index is 0.0231. The molecule has 0 fully saturated rings. The number of ether oxygens (including phenoxy) is 3. The molecule has 256 valence electrons. The van der Waals surface area contributed by atoms with Crippen LogP contribution < -0.4 is 16.6 Å². The van der Waals surface area contributed by atoms with Gasteiger partial charge in [-0.25, -0.2) is 9.59 Å². The van der Waals surface area contributed by atoms with E-state index >= 15 is 0 Å². The zero-order valence-corrected chi connectivity index (χ0v) is 27.6. The molecule has 0 spiro atoms. The number of fused-ring (bicyclic) bond motifs is 1. The summed E-state index contributed by atoms with van der Waals surface area (Å²) in [5.74, 6) is -2.16. The van der Waals surface area contributed by atoms with Crippen LogP contribution >= 0.6 is 0 Å². The van der Waals surface area contributed by atoms with E-state index in [-0.39, 0.29) is 55.1 Å². The maximum Gasteiger partial charge on any atom is 0.407 e. The van der Waals surface area contributed by atoms with Gasteiger partial charge in [0.2, 0.25) is 5.91 Å². The number of H-pyrrole nitrogens is 1. The molecule has 14 nitrogen and oxygen atoms in total. The van der Waals surface area contributed by atoms with E-state index in [1.807, 2.05) is 0 Å². The number of Topliss-reactive ketones (excluding diaryl/α,β-unsaturated/α-hetero) is 2. The molecular weight excluding hydrogens is 612 g/mol. The highest BCUT2D eigenvalue weighted by atomic mass is 16.6. The van der Waals surface area contributed by atoms with Gasteiger partial charge in [-0.15, -0.1) is 0 Å². The largest absolute Gasteiger partial charge is 0.465 e. The molecule has 2 amide bonds. The summed E-state index contributed by atoms with van der Waals surface area (Å²) in [7, 11) is 0. The van der Waals surface area contributed by atoms with Gasteiger partial charge in [-0.1, -0.05) is 30.7 Å². The number of hydrogen-bond acceptors (Lipinski definition) is 10. The summed E-state index contributed by atoms with van der Waals surface area (Å²) in [6.07, 6.45) is 1.23. The number of hydrogen-bond donors (Lipinski definition) is 2. The molecule has 47 heavy (non-hydrogen) atoms. The van der Waals surface area contributed by atoms with Gasteiger partial charge in [0.15, 0.2) is 11.6 Å². The van der Waals surface area contributed by atoms with Crippen LogP contribution in [0.4, 0.5) is 4.79 Å². The van der Waals surface area contributed by atoms with Crippen molar-refractivity contribution in [1.29, 1.82) is 0 Å². The molecule has 3 rings (SSSR count). The maximum atomic E-state index is 14.0. The van der Waals surface area contributed by atoms with Crippen LogP contribution in [0.1, 0.15) is 86.1 Å². The molecule has 14 heteroatoms. The Labute approximate surface area is 272 Å². The predicted molar refractivity (Wildman–Crippen MR) is 170 cm³/mol. The first kappa shape index (κ1) is 36.9. The lowest BCUT2D eigenvalue weighted by molar-refractivity contribution is -0.151. The van der Waals surface area contributed by atoms with Crippen LogP contribution in [0, 0.1) is 6.92 Å². The van der Waals surface area contributed by atoms with Crippen molar-refractivity contribution in [2.24, 2.45) is 0 Å². The molecule has 1 aliphatic rings. The fraction of sp³-hybridized carbons (Fsp3) is 0.545. The van der Waals surface area contributed by atoms with Crippen molar-refractivity contribution in [2.45, 2.75) is 91.0 Å². The Morgan fingerprint density at radius 3 is 2.47 bits per heavy atom. The summed E-state index contributed by atoms with van der Waals surface area (Å²) < 4.78 is 17.6. The zero-order valence-electron chi connectivity index (χ0n) is 27.6. The summed E-state index contributed by atoms with van der Waals surface area (Å²) in [5, 5.41) is 2.62. The van der Waals surface area contributed by atoms with Crippen LogP contribution in [-0.4, -0.2) is 88.0 Å². The Hall–Kier alpha value is -4.59. The Morgan fingerprint density at radius 2 is 1.79 bits per heavy atom. The monoisotopic (exact) mass is 656 g/mol. The van der Waals surface area contributed by atoms with Crippen LogP contribution in [0.3, 0.4) is 0 Å². The van der Waals surface area contributed by atoms with E-state index in [4.69, 9.17) is 14.2 Å². The molecule has 1 aromatic heterocycles. The lowest BCUT2D eigenvalue weighted by Crippen LogP contribution is -2.53. The van der Waals surface area contributed by atoms with Crippen LogP contribution in [0.25, 0.3) is 0 Å². The highest BCUT2D eigenvalue weighted by Gasteiger charge is 2.34. The van der Waals surface area contributed by atoms with Gasteiger partial charge < -0.3 is 24.4 Å². The van der Waals surface area contributed by atoms with Crippen LogP contribution in [0.15, 0.2) is 40.1 Å². The zero-order chi connectivity index (χ0) is 34.7. The minimum atomic E-state index is -1.18. The van der Waals surface area contributed by atoms with E-state index in [0.29, 0.717) is 19.3 Å². The first-order valence-corrected chi connectivity index (χ1v) is 15.7. The Kier molecular flexibility index (Phi) is 13.2. The second-order valence-corrected chi connectivity index (χ2v) is 12.3. The summed E-state index contributed by atoms with van der Waals surface area (Å²) in [6, 6.07) is 5.40. The Balaban J connectivity index is 2.06. The van der Waals surface area contributed by atoms with E-state index in [0.717, 1.165) is 9.47 Å². The van der Waals surface area contributed by atoms with Gasteiger partial charge in [-0.3, -0.25) is 33.5 Å². The minimum Gasteiger partial charge on any atom is -0.465 e. The molecular formula is C33H44N4O10. The topological polar surface area (TPSA) is 183 Å². The quantitative estimate of drug-likeness (QED) is 0.361. The van der Waals surface area contributed by atoms with Crippen LogP contribution in [0.2, 0.25) is 0 Å². The lowest BCUT2D eigenvalue weighted by Gasteiger charge is -2.34.